The molecule has 172 valence electrons. The number of aliphatic hydroxyl groups is 1. The first-order chi connectivity index (χ1) is 13.5. The van der Waals surface area contributed by atoms with Crippen LogP contribution in [0.2, 0.25) is 0 Å². The average molecular weight is 497 g/mol. The number of rotatable bonds is 8. The van der Waals surface area contributed by atoms with Crippen LogP contribution in [0.4, 0.5) is 4.39 Å². The van der Waals surface area contributed by atoms with E-state index in [9.17, 15) is 28.1 Å². The number of halogens is 1. The van der Waals surface area contributed by atoms with Crippen molar-refractivity contribution in [2.75, 3.05) is 6.61 Å². The van der Waals surface area contributed by atoms with Gasteiger partial charge in [0.05, 0.1) is 12.7 Å². The Bertz CT molecular complexity index is 905. The van der Waals surface area contributed by atoms with E-state index in [2.05, 4.69) is 24.7 Å². The van der Waals surface area contributed by atoms with Crippen molar-refractivity contribution < 1.29 is 60.6 Å². The van der Waals surface area contributed by atoms with E-state index >= 15 is 0 Å². The number of hydrogen-bond acceptors (Lipinski definition) is 11. The molecule has 0 radical (unpaired) electrons. The van der Waals surface area contributed by atoms with Crippen molar-refractivity contribution in [2.24, 2.45) is 16.6 Å². The second-order valence-electron chi connectivity index (χ2n) is 6.10. The molecule has 0 aromatic carbocycles. The summed E-state index contributed by atoms with van der Waals surface area (Å²) < 4.78 is 64.5. The minimum absolute atomic E-state index is 0.00788. The van der Waals surface area contributed by atoms with Crippen molar-refractivity contribution >= 4 is 29.3 Å². The zero-order valence-electron chi connectivity index (χ0n) is 15.1. The molecule has 0 aliphatic carbocycles. The summed E-state index contributed by atoms with van der Waals surface area (Å²) in [6.07, 6.45) is -2.73. The number of amidine groups is 1. The van der Waals surface area contributed by atoms with Gasteiger partial charge < -0.3 is 40.1 Å². The third-order valence-corrected chi connectivity index (χ3v) is 7.62. The minimum atomic E-state index is -5.68. The Labute approximate surface area is 168 Å². The Kier molecular flexibility index (Phi) is 7.47. The molecule has 15 nitrogen and oxygen atoms in total. The largest absolute Gasteiger partial charge is 0.490 e. The monoisotopic (exact) mass is 497 g/mol. The summed E-state index contributed by atoms with van der Waals surface area (Å²) in [6, 6.07) is 0. The normalized spacial score (nSPS) is 31.7. The van der Waals surface area contributed by atoms with Crippen molar-refractivity contribution in [2.45, 2.75) is 25.4 Å². The summed E-state index contributed by atoms with van der Waals surface area (Å²) in [6.45, 7) is 4.21. The number of nitrogens with two attached hydrogens (primary N) is 1. The summed E-state index contributed by atoms with van der Waals surface area (Å²) in [5, 5.41) is 10.3. The molecule has 0 spiro atoms. The molecule has 2 aliphatic rings. The van der Waals surface area contributed by atoms with Crippen LogP contribution in [0.25, 0.3) is 0 Å². The van der Waals surface area contributed by atoms with Gasteiger partial charge in [0.25, 0.3) is 0 Å². The average Bonchev–Trinajstić information content (AvgIpc) is 2.81. The molecule has 7 N–H and O–H groups in total. The van der Waals surface area contributed by atoms with Crippen LogP contribution in [0.15, 0.2) is 29.4 Å². The second kappa shape index (κ2) is 8.87. The third-order valence-electron chi connectivity index (χ3n) is 3.82. The number of aliphatic hydroxyl groups excluding tert-OH is 1. The van der Waals surface area contributed by atoms with Crippen LogP contribution in [0.3, 0.4) is 0 Å². The van der Waals surface area contributed by atoms with E-state index < -0.39 is 66.1 Å². The molecule has 0 aromatic heterocycles. The fourth-order valence-electron chi connectivity index (χ4n) is 2.55. The lowest BCUT2D eigenvalue weighted by molar-refractivity contribution is -0.0587. The maximum Gasteiger partial charge on any atom is 0.490 e. The number of hydrogen-bond donors (Lipinski definition) is 6. The van der Waals surface area contributed by atoms with Gasteiger partial charge in [-0.15, -0.1) is 0 Å². The highest BCUT2D eigenvalue weighted by molar-refractivity contribution is 7.66. The summed E-state index contributed by atoms with van der Waals surface area (Å²) in [7, 11) is -16.6. The maximum absolute atomic E-state index is 13.7. The number of aliphatic imine (C=N–C) groups is 1. The van der Waals surface area contributed by atoms with Crippen LogP contribution < -0.4 is 5.73 Å². The highest BCUT2D eigenvalue weighted by Gasteiger charge is 2.47. The van der Waals surface area contributed by atoms with Gasteiger partial charge in [0, 0.05) is 12.1 Å². The standard InChI is InChI=1S/C11H19FN3O12P3/c1-5-9(16)8(25-11(5)15-3-7(12)10(13)14-6(15)2)4-24-29(20,21)27-30(22,23)26-28(17,18)19/h3,5,8-9,11,16H,2,4H2,1H3,(H2,13,14)(H,20,21)(H,22,23)(H2,17,18,19)/t5?,8-,9-,11-/m1/s1. The topological polar surface area (TPSA) is 231 Å². The van der Waals surface area contributed by atoms with Crippen LogP contribution in [0.1, 0.15) is 6.92 Å². The molecule has 0 aromatic rings. The fourth-order valence-corrected chi connectivity index (χ4v) is 5.58. The van der Waals surface area contributed by atoms with E-state index in [1.807, 2.05) is 0 Å². The molecular formula is C11H19FN3O12P3. The van der Waals surface area contributed by atoms with E-state index in [0.29, 0.717) is 0 Å². The number of nitrogens with zero attached hydrogens (tertiary/aromatic N) is 2. The molecule has 2 rings (SSSR count). The quantitative estimate of drug-likeness (QED) is 0.243. The third kappa shape index (κ3) is 6.50. The molecule has 2 aliphatic heterocycles. The van der Waals surface area contributed by atoms with Gasteiger partial charge in [0.15, 0.2) is 11.7 Å². The van der Waals surface area contributed by atoms with Crippen molar-refractivity contribution in [1.82, 2.24) is 4.90 Å². The minimum Gasteiger partial charge on any atom is -0.390 e. The second-order valence-corrected chi connectivity index (χ2v) is 10.5. The van der Waals surface area contributed by atoms with Gasteiger partial charge >= 0.3 is 23.5 Å². The Morgan fingerprint density at radius 1 is 1.27 bits per heavy atom. The molecule has 19 heteroatoms. The van der Waals surface area contributed by atoms with Crippen LogP contribution in [0.5, 0.6) is 0 Å². The Morgan fingerprint density at radius 2 is 1.87 bits per heavy atom. The molecule has 2 heterocycles. The van der Waals surface area contributed by atoms with Gasteiger partial charge in [-0.2, -0.15) is 8.62 Å². The lowest BCUT2D eigenvalue weighted by Gasteiger charge is -2.31. The highest BCUT2D eigenvalue weighted by atomic mass is 31.3. The molecule has 30 heavy (non-hydrogen) atoms. The molecule has 0 bridgehead atoms. The summed E-state index contributed by atoms with van der Waals surface area (Å²) >= 11 is 0. The Hall–Kier alpha value is -0.990. The van der Waals surface area contributed by atoms with E-state index in [1.54, 1.807) is 0 Å². The molecule has 0 saturated carbocycles. The zero-order chi connectivity index (χ0) is 23.1. The Balaban J connectivity index is 2.03. The molecule has 3 unspecified atom stereocenters. The van der Waals surface area contributed by atoms with E-state index in [1.165, 1.54) is 6.92 Å². The first-order valence-corrected chi connectivity index (χ1v) is 12.3. The summed E-state index contributed by atoms with van der Waals surface area (Å²) in [5.74, 6) is -2.03. The first kappa shape index (κ1) is 25.3. The van der Waals surface area contributed by atoms with Crippen molar-refractivity contribution in [3.8, 4) is 0 Å². The van der Waals surface area contributed by atoms with Crippen LogP contribution in [-0.2, 0) is 31.6 Å². The SMILES string of the molecule is C=C1N=C(N)C(F)=CN1[C@@H]1O[C@H](COP(=O)(O)OP(=O)(O)OP(=O)(O)O)[C@H](O)C1C. The van der Waals surface area contributed by atoms with Gasteiger partial charge in [-0.3, -0.25) is 4.52 Å². The number of phosphoric acid groups is 3. The fraction of sp³-hybridized carbons (Fsp3) is 0.545. The van der Waals surface area contributed by atoms with E-state index in [-0.39, 0.29) is 5.82 Å². The summed E-state index contributed by atoms with van der Waals surface area (Å²) in [5.41, 5.74) is 5.34. The molecule has 1 saturated heterocycles. The van der Waals surface area contributed by atoms with Gasteiger partial charge in [-0.05, 0) is 0 Å². The van der Waals surface area contributed by atoms with Gasteiger partial charge in [0.1, 0.15) is 18.2 Å². The van der Waals surface area contributed by atoms with Crippen molar-refractivity contribution in [3.63, 3.8) is 0 Å². The lowest BCUT2D eigenvalue weighted by Crippen LogP contribution is -2.38. The van der Waals surface area contributed by atoms with Crippen molar-refractivity contribution in [1.29, 1.82) is 0 Å². The molecule has 1 fully saturated rings. The van der Waals surface area contributed by atoms with Gasteiger partial charge in [0.2, 0.25) is 0 Å². The van der Waals surface area contributed by atoms with Gasteiger partial charge in [-0.25, -0.2) is 23.1 Å². The molecule has 0 amide bonds. The van der Waals surface area contributed by atoms with Gasteiger partial charge in [-0.1, -0.05) is 13.5 Å². The predicted molar refractivity (Wildman–Crippen MR) is 95.4 cm³/mol. The maximum atomic E-state index is 13.7. The van der Waals surface area contributed by atoms with Crippen LogP contribution in [0, 0.1) is 5.92 Å². The molecular weight excluding hydrogens is 478 g/mol. The van der Waals surface area contributed by atoms with E-state index in [4.69, 9.17) is 25.2 Å². The number of ether oxygens (including phenoxy) is 1. The van der Waals surface area contributed by atoms with Crippen LogP contribution in [-0.4, -0.2) is 60.5 Å². The molecule has 6 atom stereocenters. The zero-order valence-corrected chi connectivity index (χ0v) is 17.8. The highest BCUT2D eigenvalue weighted by Crippen LogP contribution is 2.66. The van der Waals surface area contributed by atoms with Crippen molar-refractivity contribution in [3.05, 3.63) is 24.4 Å². The van der Waals surface area contributed by atoms with Crippen LogP contribution >= 0.6 is 23.5 Å². The summed E-state index contributed by atoms with van der Waals surface area (Å²) in [4.78, 5) is 40.3. The Morgan fingerprint density at radius 3 is 2.43 bits per heavy atom. The number of phosphoric ester groups is 1. The lowest BCUT2D eigenvalue weighted by atomic mass is 10.0. The van der Waals surface area contributed by atoms with E-state index in [0.717, 1.165) is 11.1 Å². The smallest absolute Gasteiger partial charge is 0.390 e. The predicted octanol–water partition coefficient (Wildman–Crippen LogP) is 0.00650. The first-order valence-electron chi connectivity index (χ1n) is 7.82.